The summed E-state index contributed by atoms with van der Waals surface area (Å²) in [7, 11) is -3.91. The lowest BCUT2D eigenvalue weighted by molar-refractivity contribution is -0.121. The van der Waals surface area contributed by atoms with E-state index in [2.05, 4.69) is 28.2 Å². The van der Waals surface area contributed by atoms with Crippen LogP contribution in [0.2, 0.25) is 10.0 Å². The van der Waals surface area contributed by atoms with E-state index in [1.165, 1.54) is 12.1 Å². The summed E-state index contributed by atoms with van der Waals surface area (Å²) < 4.78 is 28.3. The third kappa shape index (κ3) is 7.26. The van der Waals surface area contributed by atoms with Crippen molar-refractivity contribution in [2.45, 2.75) is 37.6 Å². The number of hydrogen-bond acceptors (Lipinski definition) is 3. The number of halogens is 3. The lowest BCUT2D eigenvalue weighted by Gasteiger charge is -2.22. The standard InChI is InChI=1S/C20H23BrCl2N2O3S/c1-2-3-4-11-24-20(26)14-25(13-15-5-8-17(22)12-19(15)23)29(27,28)18-9-6-16(21)7-10-18/h5-10,12H,2-4,11,13-14H2,1H3,(H,24,26). The van der Waals surface area contributed by atoms with E-state index in [0.717, 1.165) is 28.0 Å². The average Bonchev–Trinajstić information content (AvgIpc) is 2.67. The minimum absolute atomic E-state index is 0.0449. The van der Waals surface area contributed by atoms with Gasteiger partial charge in [-0.25, -0.2) is 8.42 Å². The minimum Gasteiger partial charge on any atom is -0.355 e. The molecule has 0 saturated carbocycles. The van der Waals surface area contributed by atoms with Crippen molar-refractivity contribution in [1.82, 2.24) is 9.62 Å². The van der Waals surface area contributed by atoms with E-state index in [0.29, 0.717) is 22.2 Å². The molecule has 5 nitrogen and oxygen atoms in total. The third-order valence-corrected chi connectivity index (χ3v) is 7.16. The van der Waals surface area contributed by atoms with Crippen molar-refractivity contribution in [2.24, 2.45) is 0 Å². The molecule has 2 rings (SSSR count). The number of carbonyl (C=O) groups excluding carboxylic acids is 1. The van der Waals surface area contributed by atoms with Crippen molar-refractivity contribution in [2.75, 3.05) is 13.1 Å². The molecule has 29 heavy (non-hydrogen) atoms. The Hall–Kier alpha value is -1.12. The monoisotopic (exact) mass is 520 g/mol. The molecule has 0 bridgehead atoms. The van der Waals surface area contributed by atoms with Gasteiger partial charge in [0.15, 0.2) is 0 Å². The maximum atomic E-state index is 13.2. The fraction of sp³-hybridized carbons (Fsp3) is 0.350. The smallest absolute Gasteiger partial charge is 0.243 e. The van der Waals surface area contributed by atoms with E-state index in [9.17, 15) is 13.2 Å². The van der Waals surface area contributed by atoms with Gasteiger partial charge < -0.3 is 5.32 Å². The highest BCUT2D eigenvalue weighted by atomic mass is 79.9. The second-order valence-corrected chi connectivity index (χ2v) is 10.2. The van der Waals surface area contributed by atoms with Crippen LogP contribution in [0.15, 0.2) is 51.8 Å². The van der Waals surface area contributed by atoms with Gasteiger partial charge in [-0.1, -0.05) is 65.0 Å². The first-order valence-electron chi connectivity index (χ1n) is 9.20. The molecule has 0 radical (unpaired) electrons. The summed E-state index contributed by atoms with van der Waals surface area (Å²) in [5.74, 6) is -0.355. The molecule has 158 valence electrons. The highest BCUT2D eigenvalue weighted by Crippen LogP contribution is 2.25. The summed E-state index contributed by atoms with van der Waals surface area (Å²) in [6, 6.07) is 11.1. The zero-order valence-corrected chi connectivity index (χ0v) is 19.9. The molecule has 1 amide bonds. The molecular formula is C20H23BrCl2N2O3S. The molecular weight excluding hydrogens is 499 g/mol. The van der Waals surface area contributed by atoms with Crippen molar-refractivity contribution in [3.63, 3.8) is 0 Å². The summed E-state index contributed by atoms with van der Waals surface area (Å²) >= 11 is 15.5. The molecule has 9 heteroatoms. The van der Waals surface area contributed by atoms with Crippen molar-refractivity contribution in [3.05, 3.63) is 62.5 Å². The molecule has 0 unspecified atom stereocenters. The molecule has 0 atom stereocenters. The molecule has 0 heterocycles. The second-order valence-electron chi connectivity index (χ2n) is 6.52. The van der Waals surface area contributed by atoms with Gasteiger partial charge in [0.25, 0.3) is 0 Å². The highest BCUT2D eigenvalue weighted by molar-refractivity contribution is 9.10. The Labute approximate surface area is 190 Å². The quantitative estimate of drug-likeness (QED) is 0.434. The van der Waals surface area contributed by atoms with E-state index in [1.807, 2.05) is 0 Å². The predicted octanol–water partition coefficient (Wildman–Crippen LogP) is 5.25. The maximum Gasteiger partial charge on any atom is 0.243 e. The van der Waals surface area contributed by atoms with Crippen LogP contribution in [0.4, 0.5) is 0 Å². The van der Waals surface area contributed by atoms with Crippen LogP contribution in [0.5, 0.6) is 0 Å². The van der Waals surface area contributed by atoms with Gasteiger partial charge in [-0.15, -0.1) is 0 Å². The number of benzene rings is 2. The number of carbonyl (C=O) groups is 1. The van der Waals surface area contributed by atoms with Gasteiger partial charge in [0.05, 0.1) is 11.4 Å². The molecule has 0 saturated heterocycles. The van der Waals surface area contributed by atoms with Crippen molar-refractivity contribution >= 4 is 55.1 Å². The van der Waals surface area contributed by atoms with Crippen LogP contribution in [0, 0.1) is 0 Å². The van der Waals surface area contributed by atoms with Crippen LogP contribution in [-0.4, -0.2) is 31.7 Å². The Morgan fingerprint density at radius 3 is 2.41 bits per heavy atom. The zero-order valence-electron chi connectivity index (χ0n) is 16.0. The Bertz CT molecular complexity index is 937. The molecule has 1 N–H and O–H groups in total. The number of nitrogens with one attached hydrogen (secondary N) is 1. The van der Waals surface area contributed by atoms with E-state index in [4.69, 9.17) is 23.2 Å². The predicted molar refractivity (Wildman–Crippen MR) is 121 cm³/mol. The first-order valence-corrected chi connectivity index (χ1v) is 12.2. The topological polar surface area (TPSA) is 66.5 Å². The van der Waals surface area contributed by atoms with Crippen molar-refractivity contribution in [1.29, 1.82) is 0 Å². The average molecular weight is 522 g/mol. The van der Waals surface area contributed by atoms with E-state index >= 15 is 0 Å². The highest BCUT2D eigenvalue weighted by Gasteiger charge is 2.27. The summed E-state index contributed by atoms with van der Waals surface area (Å²) in [5, 5.41) is 3.58. The van der Waals surface area contributed by atoms with Gasteiger partial charge in [0.1, 0.15) is 0 Å². The molecule has 0 aromatic heterocycles. The lowest BCUT2D eigenvalue weighted by Crippen LogP contribution is -2.40. The Kier molecular flexibility index (Phi) is 9.43. The number of unbranched alkanes of at least 4 members (excludes halogenated alkanes) is 2. The second kappa shape index (κ2) is 11.3. The van der Waals surface area contributed by atoms with E-state index in [1.54, 1.807) is 30.3 Å². The van der Waals surface area contributed by atoms with Gasteiger partial charge in [0.2, 0.25) is 15.9 Å². The fourth-order valence-corrected chi connectivity index (χ4v) is 4.75. The van der Waals surface area contributed by atoms with Crippen LogP contribution < -0.4 is 5.32 Å². The molecule has 0 aliphatic carbocycles. The molecule has 0 aliphatic heterocycles. The first kappa shape index (κ1) is 24.2. The SMILES string of the molecule is CCCCCNC(=O)CN(Cc1ccc(Cl)cc1Cl)S(=O)(=O)c1ccc(Br)cc1. The summed E-state index contributed by atoms with van der Waals surface area (Å²) in [5.41, 5.74) is 0.565. The van der Waals surface area contributed by atoms with E-state index in [-0.39, 0.29) is 23.9 Å². The number of nitrogens with zero attached hydrogens (tertiary/aromatic N) is 1. The number of hydrogen-bond donors (Lipinski definition) is 1. The van der Waals surface area contributed by atoms with Crippen molar-refractivity contribution < 1.29 is 13.2 Å². The molecule has 0 aliphatic rings. The Morgan fingerprint density at radius 2 is 1.79 bits per heavy atom. The normalized spacial score (nSPS) is 11.6. The van der Waals surface area contributed by atoms with Gasteiger partial charge >= 0.3 is 0 Å². The van der Waals surface area contributed by atoms with Crippen LogP contribution >= 0.6 is 39.1 Å². The number of sulfonamides is 1. The van der Waals surface area contributed by atoms with Crippen LogP contribution in [0.3, 0.4) is 0 Å². The molecule has 0 fully saturated rings. The molecule has 0 spiro atoms. The Balaban J connectivity index is 2.26. The minimum atomic E-state index is -3.91. The molecule has 2 aromatic carbocycles. The van der Waals surface area contributed by atoms with Gasteiger partial charge in [-0.3, -0.25) is 4.79 Å². The fourth-order valence-electron chi connectivity index (χ4n) is 2.64. The summed E-state index contributed by atoms with van der Waals surface area (Å²) in [4.78, 5) is 12.5. The van der Waals surface area contributed by atoms with Gasteiger partial charge in [0, 0.05) is 27.6 Å². The maximum absolute atomic E-state index is 13.2. The van der Waals surface area contributed by atoms with Gasteiger partial charge in [-0.2, -0.15) is 4.31 Å². The Morgan fingerprint density at radius 1 is 1.10 bits per heavy atom. The lowest BCUT2D eigenvalue weighted by atomic mass is 10.2. The summed E-state index contributed by atoms with van der Waals surface area (Å²) in [6.07, 6.45) is 2.89. The molecule has 2 aromatic rings. The third-order valence-electron chi connectivity index (χ3n) is 4.24. The number of amides is 1. The number of rotatable bonds is 10. The largest absolute Gasteiger partial charge is 0.355 e. The van der Waals surface area contributed by atoms with Crippen LogP contribution in [0.1, 0.15) is 31.7 Å². The first-order chi connectivity index (χ1) is 13.7. The van der Waals surface area contributed by atoms with E-state index < -0.39 is 10.0 Å². The van der Waals surface area contributed by atoms with Gasteiger partial charge in [-0.05, 0) is 48.4 Å². The zero-order chi connectivity index (χ0) is 21.4. The van der Waals surface area contributed by atoms with Crippen LogP contribution in [0.25, 0.3) is 0 Å². The summed E-state index contributed by atoms with van der Waals surface area (Å²) in [6.45, 7) is 2.24. The van der Waals surface area contributed by atoms with Crippen molar-refractivity contribution in [3.8, 4) is 0 Å². The van der Waals surface area contributed by atoms with Crippen LogP contribution in [-0.2, 0) is 21.4 Å².